The van der Waals surface area contributed by atoms with E-state index in [-0.39, 0.29) is 5.56 Å². The van der Waals surface area contributed by atoms with Crippen LogP contribution >= 0.6 is 0 Å². The van der Waals surface area contributed by atoms with Crippen molar-refractivity contribution in [2.45, 2.75) is 13.0 Å². The van der Waals surface area contributed by atoms with Crippen molar-refractivity contribution in [2.75, 3.05) is 5.01 Å². The van der Waals surface area contributed by atoms with E-state index in [0.717, 1.165) is 16.1 Å². The third kappa shape index (κ3) is 4.23. The maximum Gasteiger partial charge on any atom is 0.335 e. The van der Waals surface area contributed by atoms with E-state index in [1.165, 1.54) is 24.3 Å². The third-order valence-electron chi connectivity index (χ3n) is 4.73. The van der Waals surface area contributed by atoms with Crippen LogP contribution in [0.2, 0.25) is 0 Å². The molecule has 0 fully saturated rings. The standard InChI is InChI=1S/C23H17FN4O3/c1-14-21(22(29)28(27-14)20-10-4-8-18(24)13-20)26-25-19-9-3-6-16(12-19)15-5-2-7-17(11-15)23(30)31/h2-13,21H,1H3,(H,30,31). The van der Waals surface area contributed by atoms with Gasteiger partial charge in [0.05, 0.1) is 22.6 Å². The van der Waals surface area contributed by atoms with Crippen molar-refractivity contribution in [3.63, 3.8) is 0 Å². The lowest BCUT2D eigenvalue weighted by Gasteiger charge is -2.12. The van der Waals surface area contributed by atoms with Gasteiger partial charge in [-0.05, 0) is 60.5 Å². The minimum atomic E-state index is -1.00. The molecular formula is C23H17FN4O3. The summed E-state index contributed by atoms with van der Waals surface area (Å²) in [5.74, 6) is -1.89. The fraction of sp³-hybridized carbons (Fsp3) is 0.0870. The van der Waals surface area contributed by atoms with Gasteiger partial charge in [0, 0.05) is 0 Å². The van der Waals surface area contributed by atoms with Crippen LogP contribution in [0.5, 0.6) is 0 Å². The zero-order chi connectivity index (χ0) is 22.0. The molecule has 1 atom stereocenters. The highest BCUT2D eigenvalue weighted by atomic mass is 19.1. The van der Waals surface area contributed by atoms with Crippen LogP contribution in [-0.4, -0.2) is 28.7 Å². The van der Waals surface area contributed by atoms with Gasteiger partial charge in [-0.3, -0.25) is 4.79 Å². The first-order chi connectivity index (χ1) is 14.9. The minimum absolute atomic E-state index is 0.186. The molecule has 3 aromatic carbocycles. The summed E-state index contributed by atoms with van der Waals surface area (Å²) in [4.78, 5) is 23.9. The topological polar surface area (TPSA) is 94.7 Å². The summed E-state index contributed by atoms with van der Waals surface area (Å²) in [6, 6.07) is 18.4. The lowest BCUT2D eigenvalue weighted by atomic mass is 10.0. The van der Waals surface area contributed by atoms with Gasteiger partial charge in [-0.25, -0.2) is 9.18 Å². The molecule has 1 heterocycles. The van der Waals surface area contributed by atoms with Gasteiger partial charge in [0.15, 0.2) is 6.04 Å². The summed E-state index contributed by atoms with van der Waals surface area (Å²) < 4.78 is 13.5. The van der Waals surface area contributed by atoms with E-state index in [2.05, 4.69) is 15.3 Å². The van der Waals surface area contributed by atoms with Crippen LogP contribution in [0.3, 0.4) is 0 Å². The Hall–Kier alpha value is -4.20. The van der Waals surface area contributed by atoms with Crippen molar-refractivity contribution in [3.05, 3.63) is 84.2 Å². The number of amides is 1. The van der Waals surface area contributed by atoms with Crippen LogP contribution in [-0.2, 0) is 4.79 Å². The first-order valence-electron chi connectivity index (χ1n) is 9.41. The lowest BCUT2D eigenvalue weighted by molar-refractivity contribution is -0.117. The van der Waals surface area contributed by atoms with E-state index in [0.29, 0.717) is 17.1 Å². The number of carboxylic acid groups (broad SMARTS) is 1. The smallest absolute Gasteiger partial charge is 0.335 e. The van der Waals surface area contributed by atoms with Crippen molar-refractivity contribution >= 4 is 29.0 Å². The number of carboxylic acids is 1. The second-order valence-electron chi connectivity index (χ2n) is 6.93. The molecular weight excluding hydrogens is 399 g/mol. The Bertz CT molecular complexity index is 1240. The quantitative estimate of drug-likeness (QED) is 0.589. The Balaban J connectivity index is 1.56. The van der Waals surface area contributed by atoms with Crippen molar-refractivity contribution in [3.8, 4) is 11.1 Å². The average Bonchev–Trinajstić information content (AvgIpc) is 3.06. The van der Waals surface area contributed by atoms with Crippen LogP contribution in [0.4, 0.5) is 15.8 Å². The maximum atomic E-state index is 13.5. The molecule has 3 aromatic rings. The molecule has 0 saturated carbocycles. The molecule has 1 aliphatic heterocycles. The molecule has 31 heavy (non-hydrogen) atoms. The van der Waals surface area contributed by atoms with Gasteiger partial charge in [-0.1, -0.05) is 30.3 Å². The highest BCUT2D eigenvalue weighted by Crippen LogP contribution is 2.27. The Kier molecular flexibility index (Phi) is 5.36. The summed E-state index contributed by atoms with van der Waals surface area (Å²) in [5.41, 5.74) is 2.95. The van der Waals surface area contributed by atoms with Crippen molar-refractivity contribution < 1.29 is 19.1 Å². The number of hydrogen-bond donors (Lipinski definition) is 1. The molecule has 4 rings (SSSR count). The van der Waals surface area contributed by atoms with Crippen LogP contribution in [0.15, 0.2) is 88.1 Å². The molecule has 0 aliphatic carbocycles. The monoisotopic (exact) mass is 416 g/mol. The van der Waals surface area contributed by atoms with Gasteiger partial charge in [-0.15, -0.1) is 0 Å². The van der Waals surface area contributed by atoms with Crippen LogP contribution in [0.25, 0.3) is 11.1 Å². The van der Waals surface area contributed by atoms with Crippen LogP contribution < -0.4 is 5.01 Å². The molecule has 1 amide bonds. The van der Waals surface area contributed by atoms with Gasteiger partial charge >= 0.3 is 5.97 Å². The Labute approximate surface area is 177 Å². The number of anilines is 1. The highest BCUT2D eigenvalue weighted by Gasteiger charge is 2.34. The zero-order valence-electron chi connectivity index (χ0n) is 16.4. The van der Waals surface area contributed by atoms with Crippen molar-refractivity contribution in [1.29, 1.82) is 0 Å². The Morgan fingerprint density at radius 1 is 1.03 bits per heavy atom. The van der Waals surface area contributed by atoms with E-state index in [4.69, 9.17) is 0 Å². The van der Waals surface area contributed by atoms with E-state index >= 15 is 0 Å². The number of carbonyl (C=O) groups excluding carboxylic acids is 1. The number of nitrogens with zero attached hydrogens (tertiary/aromatic N) is 4. The number of carbonyl (C=O) groups is 2. The predicted octanol–water partition coefficient (Wildman–Crippen LogP) is 5.07. The summed E-state index contributed by atoms with van der Waals surface area (Å²) in [6.07, 6.45) is 0. The number of rotatable bonds is 5. The molecule has 0 aromatic heterocycles. The normalized spacial score (nSPS) is 16.1. The van der Waals surface area contributed by atoms with Crippen molar-refractivity contribution in [1.82, 2.24) is 0 Å². The predicted molar refractivity (Wildman–Crippen MR) is 114 cm³/mol. The summed E-state index contributed by atoms with van der Waals surface area (Å²) in [5, 5.41) is 22.8. The molecule has 0 radical (unpaired) electrons. The molecule has 8 heteroatoms. The molecule has 1 N–H and O–H groups in total. The van der Waals surface area contributed by atoms with Gasteiger partial charge < -0.3 is 5.11 Å². The molecule has 0 spiro atoms. The average molecular weight is 416 g/mol. The van der Waals surface area contributed by atoms with Crippen LogP contribution in [0.1, 0.15) is 17.3 Å². The number of halogens is 1. The second-order valence-corrected chi connectivity index (χ2v) is 6.93. The summed E-state index contributed by atoms with van der Waals surface area (Å²) in [6.45, 7) is 1.66. The maximum absolute atomic E-state index is 13.5. The Morgan fingerprint density at radius 3 is 2.48 bits per heavy atom. The lowest BCUT2D eigenvalue weighted by Crippen LogP contribution is -2.29. The molecule has 1 aliphatic rings. The molecule has 1 unspecified atom stereocenters. The van der Waals surface area contributed by atoms with E-state index in [9.17, 15) is 19.1 Å². The van der Waals surface area contributed by atoms with Gasteiger partial charge in [0.25, 0.3) is 5.91 Å². The zero-order valence-corrected chi connectivity index (χ0v) is 16.4. The second kappa shape index (κ2) is 8.27. The van der Waals surface area contributed by atoms with E-state index in [1.807, 2.05) is 6.07 Å². The van der Waals surface area contributed by atoms with E-state index in [1.54, 1.807) is 49.4 Å². The Morgan fingerprint density at radius 2 is 1.74 bits per heavy atom. The molecule has 7 nitrogen and oxygen atoms in total. The fourth-order valence-electron chi connectivity index (χ4n) is 3.19. The number of hydrazone groups is 1. The molecule has 0 saturated heterocycles. The van der Waals surface area contributed by atoms with Gasteiger partial charge in [0.2, 0.25) is 0 Å². The molecule has 154 valence electrons. The van der Waals surface area contributed by atoms with Gasteiger partial charge in [-0.2, -0.15) is 20.3 Å². The van der Waals surface area contributed by atoms with Crippen molar-refractivity contribution in [2.24, 2.45) is 15.3 Å². The SMILES string of the molecule is CC1=NN(c2cccc(F)c2)C(=O)C1N=Nc1cccc(-c2cccc(C(=O)O)c2)c1. The van der Waals surface area contributed by atoms with Gasteiger partial charge in [0.1, 0.15) is 5.82 Å². The minimum Gasteiger partial charge on any atom is -0.478 e. The number of azo groups is 1. The number of hydrogen-bond acceptors (Lipinski definition) is 5. The number of benzene rings is 3. The first kappa shape index (κ1) is 20.1. The first-order valence-corrected chi connectivity index (χ1v) is 9.41. The van der Waals surface area contributed by atoms with E-state index < -0.39 is 23.7 Å². The summed E-state index contributed by atoms with van der Waals surface area (Å²) >= 11 is 0. The third-order valence-corrected chi connectivity index (χ3v) is 4.73. The highest BCUT2D eigenvalue weighted by molar-refractivity contribution is 6.18. The fourth-order valence-corrected chi connectivity index (χ4v) is 3.19. The number of aromatic carboxylic acids is 1. The van der Waals surface area contributed by atoms with Crippen LogP contribution in [0, 0.1) is 5.82 Å². The molecule has 0 bridgehead atoms. The largest absolute Gasteiger partial charge is 0.478 e. The summed E-state index contributed by atoms with van der Waals surface area (Å²) in [7, 11) is 0.